The molecule has 0 aliphatic carbocycles. The van der Waals surface area contributed by atoms with E-state index in [0.29, 0.717) is 18.8 Å². The number of morpholine rings is 1. The van der Waals surface area contributed by atoms with E-state index >= 15 is 0 Å². The summed E-state index contributed by atoms with van der Waals surface area (Å²) in [5, 5.41) is 9.23. The Morgan fingerprint density at radius 2 is 2.00 bits per heavy atom. The molecule has 1 saturated heterocycles. The van der Waals surface area contributed by atoms with E-state index in [0.717, 1.165) is 0 Å². The number of nitrogens with zero attached hydrogens (tertiary/aromatic N) is 1. The lowest BCUT2D eigenvalue weighted by Gasteiger charge is -2.37. The molecule has 1 heterocycles. The van der Waals surface area contributed by atoms with Crippen LogP contribution in [-0.4, -0.2) is 36.4 Å². The predicted octanol–water partition coefficient (Wildman–Crippen LogP) is 1.72. The second-order valence-electron chi connectivity index (χ2n) is 4.82. The fourth-order valence-electron chi connectivity index (χ4n) is 2.45. The third-order valence-corrected chi connectivity index (χ3v) is 3.14. The summed E-state index contributed by atoms with van der Waals surface area (Å²) in [6.45, 7) is 4.93. The molecule has 1 fully saturated rings. The summed E-state index contributed by atoms with van der Waals surface area (Å²) < 4.78 is 19.0. The van der Waals surface area contributed by atoms with Crippen LogP contribution in [0.3, 0.4) is 0 Å². The van der Waals surface area contributed by atoms with Gasteiger partial charge in [0, 0.05) is 13.1 Å². The summed E-state index contributed by atoms with van der Waals surface area (Å²) in [5.41, 5.74) is 5.48. The van der Waals surface area contributed by atoms with E-state index in [2.05, 4.69) is 0 Å². The fraction of sp³-hybridized carbons (Fsp3) is 0.462. The fourth-order valence-corrected chi connectivity index (χ4v) is 2.45. The van der Waals surface area contributed by atoms with Gasteiger partial charge in [-0.25, -0.2) is 9.18 Å². The van der Waals surface area contributed by atoms with Crippen LogP contribution >= 0.6 is 0 Å². The van der Waals surface area contributed by atoms with Crippen molar-refractivity contribution in [1.29, 1.82) is 0 Å². The number of carboxylic acids is 1. The minimum absolute atomic E-state index is 0.0170. The molecule has 0 saturated carbocycles. The Balaban J connectivity index is 2.44. The number of rotatable bonds is 2. The first-order valence-corrected chi connectivity index (χ1v) is 6.11. The average molecular weight is 268 g/mol. The number of ether oxygens (including phenoxy) is 1. The molecule has 19 heavy (non-hydrogen) atoms. The van der Waals surface area contributed by atoms with E-state index < -0.39 is 11.8 Å². The summed E-state index contributed by atoms with van der Waals surface area (Å²) >= 11 is 0. The quantitative estimate of drug-likeness (QED) is 0.799. The monoisotopic (exact) mass is 268 g/mol. The van der Waals surface area contributed by atoms with Crippen molar-refractivity contribution in [3.63, 3.8) is 0 Å². The van der Waals surface area contributed by atoms with Crippen LogP contribution in [-0.2, 0) is 4.74 Å². The molecular formula is C13H17FN2O3. The van der Waals surface area contributed by atoms with Crippen LogP contribution < -0.4 is 10.6 Å². The molecule has 0 spiro atoms. The maximum absolute atomic E-state index is 13.4. The smallest absolute Gasteiger partial charge is 0.340 e. The normalized spacial score (nSPS) is 23.4. The molecule has 1 aromatic rings. The van der Waals surface area contributed by atoms with E-state index in [1.807, 2.05) is 18.7 Å². The summed E-state index contributed by atoms with van der Waals surface area (Å²) in [4.78, 5) is 13.2. The number of hydrogen-bond donors (Lipinski definition) is 2. The number of halogens is 1. The lowest BCUT2D eigenvalue weighted by atomic mass is 10.1. The molecule has 0 aromatic heterocycles. The van der Waals surface area contributed by atoms with Crippen molar-refractivity contribution in [3.8, 4) is 0 Å². The van der Waals surface area contributed by atoms with Crippen molar-refractivity contribution in [2.75, 3.05) is 23.7 Å². The second-order valence-corrected chi connectivity index (χ2v) is 4.82. The average Bonchev–Trinajstić information content (AvgIpc) is 2.30. The molecule has 104 valence electrons. The third-order valence-electron chi connectivity index (χ3n) is 3.14. The zero-order valence-electron chi connectivity index (χ0n) is 10.9. The standard InChI is InChI=1S/C13H17FN2O3/c1-7-5-16(6-8(2)19-7)10-4-3-9(14)12(15)11(10)13(17)18/h3-4,7-8H,5-6,15H2,1-2H3,(H,17,18)/t7-,8+. The van der Waals surface area contributed by atoms with E-state index in [4.69, 9.17) is 10.5 Å². The molecule has 1 aromatic carbocycles. The predicted molar refractivity (Wildman–Crippen MR) is 70.0 cm³/mol. The number of hydrogen-bond acceptors (Lipinski definition) is 4. The molecule has 6 heteroatoms. The number of aromatic carboxylic acids is 1. The third kappa shape index (κ3) is 2.63. The number of anilines is 2. The highest BCUT2D eigenvalue weighted by molar-refractivity contribution is 6.00. The molecule has 2 atom stereocenters. The molecule has 2 rings (SSSR count). The Morgan fingerprint density at radius 1 is 1.42 bits per heavy atom. The largest absolute Gasteiger partial charge is 0.478 e. The lowest BCUT2D eigenvalue weighted by Crippen LogP contribution is -2.46. The van der Waals surface area contributed by atoms with Gasteiger partial charge in [-0.3, -0.25) is 0 Å². The highest BCUT2D eigenvalue weighted by Gasteiger charge is 2.27. The molecule has 1 aliphatic rings. The van der Waals surface area contributed by atoms with Crippen LogP contribution in [0, 0.1) is 5.82 Å². The van der Waals surface area contributed by atoms with Gasteiger partial charge < -0.3 is 20.5 Å². The van der Waals surface area contributed by atoms with Gasteiger partial charge in [-0.05, 0) is 26.0 Å². The lowest BCUT2D eigenvalue weighted by molar-refractivity contribution is -0.00531. The first kappa shape index (κ1) is 13.6. The molecule has 5 nitrogen and oxygen atoms in total. The Kier molecular flexibility index (Phi) is 3.61. The van der Waals surface area contributed by atoms with Crippen molar-refractivity contribution >= 4 is 17.3 Å². The molecule has 0 radical (unpaired) electrons. The summed E-state index contributed by atoms with van der Waals surface area (Å²) in [6.07, 6.45) is -0.0339. The maximum atomic E-state index is 13.4. The molecule has 1 aliphatic heterocycles. The van der Waals surface area contributed by atoms with E-state index in [9.17, 15) is 14.3 Å². The van der Waals surface area contributed by atoms with Crippen LogP contribution in [0.15, 0.2) is 12.1 Å². The summed E-state index contributed by atoms with van der Waals surface area (Å²) in [7, 11) is 0. The minimum Gasteiger partial charge on any atom is -0.478 e. The van der Waals surface area contributed by atoms with Crippen molar-refractivity contribution in [2.45, 2.75) is 26.1 Å². The van der Waals surface area contributed by atoms with Crippen molar-refractivity contribution < 1.29 is 19.0 Å². The van der Waals surface area contributed by atoms with Gasteiger partial charge in [-0.1, -0.05) is 0 Å². The number of nitrogens with two attached hydrogens (primary N) is 1. The first-order valence-electron chi connectivity index (χ1n) is 6.11. The van der Waals surface area contributed by atoms with Gasteiger partial charge in [0.2, 0.25) is 0 Å². The van der Waals surface area contributed by atoms with Gasteiger partial charge in [0.25, 0.3) is 0 Å². The van der Waals surface area contributed by atoms with Gasteiger partial charge in [0.15, 0.2) is 0 Å². The Morgan fingerprint density at radius 3 is 2.53 bits per heavy atom. The topological polar surface area (TPSA) is 75.8 Å². The summed E-state index contributed by atoms with van der Waals surface area (Å²) in [6, 6.07) is 2.65. The number of carbonyl (C=O) groups is 1. The number of carboxylic acid groups (broad SMARTS) is 1. The van der Waals surface area contributed by atoms with Gasteiger partial charge in [-0.2, -0.15) is 0 Å². The van der Waals surface area contributed by atoms with Gasteiger partial charge in [-0.15, -0.1) is 0 Å². The van der Waals surface area contributed by atoms with Crippen LogP contribution in [0.1, 0.15) is 24.2 Å². The van der Waals surface area contributed by atoms with Crippen LogP contribution in [0.25, 0.3) is 0 Å². The first-order chi connectivity index (χ1) is 8.90. The Hall–Kier alpha value is -1.82. The number of benzene rings is 1. The Bertz CT molecular complexity index is 497. The highest BCUT2D eigenvalue weighted by atomic mass is 19.1. The van der Waals surface area contributed by atoms with E-state index in [1.165, 1.54) is 12.1 Å². The van der Waals surface area contributed by atoms with Gasteiger partial charge in [0.1, 0.15) is 11.4 Å². The van der Waals surface area contributed by atoms with Gasteiger partial charge >= 0.3 is 5.97 Å². The molecule has 0 unspecified atom stereocenters. The number of nitrogen functional groups attached to an aromatic ring is 1. The van der Waals surface area contributed by atoms with E-state index in [1.54, 1.807) is 0 Å². The van der Waals surface area contributed by atoms with Crippen LogP contribution in [0.5, 0.6) is 0 Å². The summed E-state index contributed by atoms with van der Waals surface area (Å²) in [5.74, 6) is -1.94. The van der Waals surface area contributed by atoms with E-state index in [-0.39, 0.29) is 23.5 Å². The van der Waals surface area contributed by atoms with Crippen molar-refractivity contribution in [2.24, 2.45) is 0 Å². The molecular weight excluding hydrogens is 251 g/mol. The minimum atomic E-state index is -1.22. The molecule has 0 bridgehead atoms. The highest BCUT2D eigenvalue weighted by Crippen LogP contribution is 2.30. The van der Waals surface area contributed by atoms with Crippen LogP contribution in [0.4, 0.5) is 15.8 Å². The van der Waals surface area contributed by atoms with Crippen molar-refractivity contribution in [1.82, 2.24) is 0 Å². The SMILES string of the molecule is C[C@@H]1CN(c2ccc(F)c(N)c2C(=O)O)C[C@H](C)O1. The van der Waals surface area contributed by atoms with Crippen LogP contribution in [0.2, 0.25) is 0 Å². The van der Waals surface area contributed by atoms with Gasteiger partial charge in [0.05, 0.1) is 23.6 Å². The Labute approximate surface area is 110 Å². The second kappa shape index (κ2) is 5.05. The zero-order valence-corrected chi connectivity index (χ0v) is 10.9. The molecule has 3 N–H and O–H groups in total. The maximum Gasteiger partial charge on any atom is 0.340 e. The molecule has 0 amide bonds. The van der Waals surface area contributed by atoms with Crippen molar-refractivity contribution in [3.05, 3.63) is 23.5 Å². The zero-order chi connectivity index (χ0) is 14.2.